The maximum atomic E-state index is 13.7. The minimum Gasteiger partial charge on any atom is -0.396 e. The van der Waals surface area contributed by atoms with Crippen molar-refractivity contribution in [1.82, 2.24) is 9.80 Å². The van der Waals surface area contributed by atoms with E-state index in [4.69, 9.17) is 5.73 Å². The number of amides is 1. The lowest BCUT2D eigenvalue weighted by Gasteiger charge is -2.32. The smallest absolute Gasteiger partial charge is 0.236 e. The highest BCUT2D eigenvalue weighted by atomic mass is 19.1. The highest BCUT2D eigenvalue weighted by Gasteiger charge is 2.21. The number of likely N-dealkylation sites (N-methyl/N-ethyl adjacent to an activating group) is 1. The predicted octanol–water partition coefficient (Wildman–Crippen LogP) is 0.682. The van der Waals surface area contributed by atoms with E-state index in [-0.39, 0.29) is 17.4 Å². The van der Waals surface area contributed by atoms with Crippen LogP contribution in [0.25, 0.3) is 0 Å². The summed E-state index contributed by atoms with van der Waals surface area (Å²) in [5.41, 5.74) is 6.21. The van der Waals surface area contributed by atoms with Gasteiger partial charge in [-0.15, -0.1) is 0 Å². The van der Waals surface area contributed by atoms with Crippen molar-refractivity contribution in [1.29, 1.82) is 0 Å². The van der Waals surface area contributed by atoms with Gasteiger partial charge in [-0.05, 0) is 6.07 Å². The number of nitrogens with zero attached hydrogens (tertiary/aromatic N) is 2. The summed E-state index contributed by atoms with van der Waals surface area (Å²) in [6.45, 7) is 2.21. The van der Waals surface area contributed by atoms with Crippen LogP contribution in [0.15, 0.2) is 18.2 Å². The molecule has 0 bridgehead atoms. The summed E-state index contributed by atoms with van der Waals surface area (Å²) in [5, 5.41) is 0. The quantitative estimate of drug-likeness (QED) is 0.770. The monoisotopic (exact) mass is 237 g/mol. The zero-order chi connectivity index (χ0) is 12.4. The van der Waals surface area contributed by atoms with Crippen LogP contribution in [0.4, 0.5) is 10.1 Å². The van der Waals surface area contributed by atoms with Crippen molar-refractivity contribution >= 4 is 11.6 Å². The molecule has 1 aliphatic rings. The van der Waals surface area contributed by atoms with Gasteiger partial charge >= 0.3 is 0 Å². The number of nitrogens with two attached hydrogens (primary N) is 1. The van der Waals surface area contributed by atoms with Crippen molar-refractivity contribution in [2.45, 2.75) is 6.54 Å². The number of benzene rings is 1. The first-order valence-electron chi connectivity index (χ1n) is 5.57. The second-order valence-electron chi connectivity index (χ2n) is 4.35. The molecule has 4 nitrogen and oxygen atoms in total. The van der Waals surface area contributed by atoms with Crippen LogP contribution in [0.3, 0.4) is 0 Å². The third kappa shape index (κ3) is 2.55. The molecule has 1 saturated heterocycles. The van der Waals surface area contributed by atoms with Gasteiger partial charge in [0.1, 0.15) is 0 Å². The summed E-state index contributed by atoms with van der Waals surface area (Å²) in [6.07, 6.45) is 0. The first kappa shape index (κ1) is 11.9. The first-order valence-corrected chi connectivity index (χ1v) is 5.57. The third-order valence-electron chi connectivity index (χ3n) is 3.04. The van der Waals surface area contributed by atoms with Crippen LogP contribution in [0, 0.1) is 5.82 Å². The molecule has 17 heavy (non-hydrogen) atoms. The zero-order valence-electron chi connectivity index (χ0n) is 9.82. The Bertz CT molecular complexity index is 436. The summed E-state index contributed by atoms with van der Waals surface area (Å²) in [5.74, 6) is -0.306. The summed E-state index contributed by atoms with van der Waals surface area (Å²) < 4.78 is 13.7. The number of piperazine rings is 1. The van der Waals surface area contributed by atoms with E-state index >= 15 is 0 Å². The number of hydrogen-bond acceptors (Lipinski definition) is 3. The Labute approximate surface area is 99.8 Å². The molecule has 0 saturated carbocycles. The normalized spacial score (nSPS) is 17.5. The van der Waals surface area contributed by atoms with E-state index in [1.807, 2.05) is 4.90 Å². The van der Waals surface area contributed by atoms with Crippen molar-refractivity contribution in [2.24, 2.45) is 0 Å². The highest BCUT2D eigenvalue weighted by Crippen LogP contribution is 2.17. The molecular weight excluding hydrogens is 221 g/mol. The van der Waals surface area contributed by atoms with Crippen LogP contribution >= 0.6 is 0 Å². The molecule has 0 aliphatic carbocycles. The Kier molecular flexibility index (Phi) is 3.28. The van der Waals surface area contributed by atoms with Gasteiger partial charge in [0, 0.05) is 32.2 Å². The van der Waals surface area contributed by atoms with Gasteiger partial charge in [-0.1, -0.05) is 12.1 Å². The molecule has 1 aromatic carbocycles. The van der Waals surface area contributed by atoms with E-state index in [2.05, 4.69) is 0 Å². The Balaban J connectivity index is 2.06. The van der Waals surface area contributed by atoms with E-state index in [1.165, 1.54) is 6.07 Å². The van der Waals surface area contributed by atoms with Gasteiger partial charge in [0.25, 0.3) is 0 Å². The van der Waals surface area contributed by atoms with Crippen LogP contribution in [-0.4, -0.2) is 42.4 Å². The molecule has 0 radical (unpaired) electrons. The van der Waals surface area contributed by atoms with Crippen molar-refractivity contribution in [3.63, 3.8) is 0 Å². The predicted molar refractivity (Wildman–Crippen MR) is 63.7 cm³/mol. The van der Waals surface area contributed by atoms with Crippen LogP contribution in [0.5, 0.6) is 0 Å². The molecule has 92 valence electrons. The molecule has 2 rings (SSSR count). The molecule has 1 fully saturated rings. The van der Waals surface area contributed by atoms with Gasteiger partial charge in [-0.25, -0.2) is 4.39 Å². The Morgan fingerprint density at radius 3 is 2.88 bits per heavy atom. The molecule has 0 unspecified atom stereocenters. The maximum Gasteiger partial charge on any atom is 0.236 e. The standard InChI is InChI=1S/C12H16FN3O/c1-15-5-6-16(8-11(15)17)7-9-3-2-4-10(14)12(9)13/h2-4H,5-8,14H2,1H3. The fraction of sp³-hybridized carbons (Fsp3) is 0.417. The van der Waals surface area contributed by atoms with E-state index in [9.17, 15) is 9.18 Å². The summed E-state index contributed by atoms with van der Waals surface area (Å²) in [7, 11) is 1.78. The molecule has 1 aliphatic heterocycles. The van der Waals surface area contributed by atoms with Crippen molar-refractivity contribution in [3.8, 4) is 0 Å². The summed E-state index contributed by atoms with van der Waals surface area (Å²) in [6, 6.07) is 4.97. The Morgan fingerprint density at radius 1 is 1.41 bits per heavy atom. The fourth-order valence-corrected chi connectivity index (χ4v) is 1.90. The number of hydrogen-bond donors (Lipinski definition) is 1. The Morgan fingerprint density at radius 2 is 2.18 bits per heavy atom. The largest absolute Gasteiger partial charge is 0.396 e. The number of rotatable bonds is 2. The molecule has 0 aromatic heterocycles. The maximum absolute atomic E-state index is 13.7. The van der Waals surface area contributed by atoms with Crippen molar-refractivity contribution in [2.75, 3.05) is 32.4 Å². The average Bonchev–Trinajstić information content (AvgIpc) is 2.30. The Hall–Kier alpha value is -1.62. The van der Waals surface area contributed by atoms with E-state index < -0.39 is 0 Å². The van der Waals surface area contributed by atoms with Gasteiger partial charge in [0.15, 0.2) is 5.82 Å². The second kappa shape index (κ2) is 4.71. The summed E-state index contributed by atoms with van der Waals surface area (Å²) >= 11 is 0. The molecule has 5 heteroatoms. The minimum atomic E-state index is -0.376. The lowest BCUT2D eigenvalue weighted by Crippen LogP contribution is -2.48. The van der Waals surface area contributed by atoms with E-state index in [0.29, 0.717) is 25.2 Å². The second-order valence-corrected chi connectivity index (χ2v) is 4.35. The summed E-state index contributed by atoms with van der Waals surface area (Å²) in [4.78, 5) is 15.1. The van der Waals surface area contributed by atoms with Gasteiger partial charge in [-0.2, -0.15) is 0 Å². The number of nitrogen functional groups attached to an aromatic ring is 1. The first-order chi connectivity index (χ1) is 8.08. The topological polar surface area (TPSA) is 49.6 Å². The van der Waals surface area contributed by atoms with Crippen molar-refractivity contribution in [3.05, 3.63) is 29.6 Å². The molecule has 0 atom stereocenters. The molecule has 2 N–H and O–H groups in total. The third-order valence-corrected chi connectivity index (χ3v) is 3.04. The van der Waals surface area contributed by atoms with Crippen LogP contribution < -0.4 is 5.73 Å². The fourth-order valence-electron chi connectivity index (χ4n) is 1.90. The SMILES string of the molecule is CN1CCN(Cc2cccc(N)c2F)CC1=O. The highest BCUT2D eigenvalue weighted by molar-refractivity contribution is 5.78. The van der Waals surface area contributed by atoms with Gasteiger partial charge in [0.05, 0.1) is 12.2 Å². The van der Waals surface area contributed by atoms with Gasteiger partial charge < -0.3 is 10.6 Å². The molecule has 1 heterocycles. The number of anilines is 1. The lowest BCUT2D eigenvalue weighted by molar-refractivity contribution is -0.134. The number of carbonyl (C=O) groups is 1. The number of halogens is 1. The van der Waals surface area contributed by atoms with E-state index in [1.54, 1.807) is 24.1 Å². The molecule has 1 amide bonds. The number of carbonyl (C=O) groups excluding carboxylic acids is 1. The average molecular weight is 237 g/mol. The van der Waals surface area contributed by atoms with Gasteiger partial charge in [-0.3, -0.25) is 9.69 Å². The van der Waals surface area contributed by atoms with Gasteiger partial charge in [0.2, 0.25) is 5.91 Å². The lowest BCUT2D eigenvalue weighted by atomic mass is 10.1. The molecule has 1 aromatic rings. The molecular formula is C12H16FN3O. The van der Waals surface area contributed by atoms with Crippen LogP contribution in [0.2, 0.25) is 0 Å². The van der Waals surface area contributed by atoms with E-state index in [0.717, 1.165) is 6.54 Å². The van der Waals surface area contributed by atoms with Crippen molar-refractivity contribution < 1.29 is 9.18 Å². The minimum absolute atomic E-state index is 0.0700. The van der Waals surface area contributed by atoms with Crippen LogP contribution in [0.1, 0.15) is 5.56 Å². The molecule has 0 spiro atoms. The van der Waals surface area contributed by atoms with Crippen LogP contribution in [-0.2, 0) is 11.3 Å². The zero-order valence-corrected chi connectivity index (χ0v) is 9.82.